The molecular formula is C15H12ClN3. The normalized spacial score (nSPS) is 10.8. The molecule has 3 aromatic rings. The lowest BCUT2D eigenvalue weighted by atomic mass is 10.00. The smallest absolute Gasteiger partial charge is 0.136 e. The van der Waals surface area contributed by atoms with E-state index in [-0.39, 0.29) is 0 Å². The summed E-state index contributed by atoms with van der Waals surface area (Å²) in [5.74, 6) is 0. The van der Waals surface area contributed by atoms with Crippen LogP contribution in [-0.2, 0) is 6.42 Å². The molecule has 4 heteroatoms. The first-order valence-corrected chi connectivity index (χ1v) is 6.51. The van der Waals surface area contributed by atoms with Crippen molar-refractivity contribution in [1.29, 1.82) is 0 Å². The van der Waals surface area contributed by atoms with Gasteiger partial charge in [0.25, 0.3) is 0 Å². The molecule has 0 aliphatic rings. The number of halogens is 1. The highest BCUT2D eigenvalue weighted by Gasteiger charge is 2.12. The molecule has 19 heavy (non-hydrogen) atoms. The topological polar surface area (TPSA) is 38.7 Å². The molecule has 3 rings (SSSR count). The van der Waals surface area contributed by atoms with E-state index < -0.39 is 0 Å². The standard InChI is InChI=1S/C15H12ClN3/c1-2-11-14(18-9-19-15(11)16)13-5-3-4-10-8-17-7-6-12(10)13/h3-9H,2H2,1H3. The minimum absolute atomic E-state index is 0.526. The molecule has 0 unspecified atom stereocenters. The molecule has 0 amide bonds. The van der Waals surface area contributed by atoms with Crippen LogP contribution >= 0.6 is 11.6 Å². The number of nitrogens with zero attached hydrogens (tertiary/aromatic N) is 3. The van der Waals surface area contributed by atoms with Crippen LogP contribution < -0.4 is 0 Å². The van der Waals surface area contributed by atoms with E-state index in [1.807, 2.05) is 24.4 Å². The van der Waals surface area contributed by atoms with E-state index in [4.69, 9.17) is 11.6 Å². The minimum Gasteiger partial charge on any atom is -0.264 e. The van der Waals surface area contributed by atoms with E-state index in [1.165, 1.54) is 6.33 Å². The second-order valence-corrected chi connectivity index (χ2v) is 4.61. The van der Waals surface area contributed by atoms with Crippen LogP contribution in [0.15, 0.2) is 43.0 Å². The molecular weight excluding hydrogens is 258 g/mol. The van der Waals surface area contributed by atoms with Gasteiger partial charge in [-0.15, -0.1) is 0 Å². The van der Waals surface area contributed by atoms with Gasteiger partial charge in [0.1, 0.15) is 11.5 Å². The average Bonchev–Trinajstić information content (AvgIpc) is 2.46. The van der Waals surface area contributed by atoms with Gasteiger partial charge in [0.15, 0.2) is 0 Å². The SMILES string of the molecule is CCc1c(Cl)ncnc1-c1cccc2cnccc12. The van der Waals surface area contributed by atoms with Crippen LogP contribution in [0.1, 0.15) is 12.5 Å². The Morgan fingerprint density at radius 1 is 1.16 bits per heavy atom. The van der Waals surface area contributed by atoms with Gasteiger partial charge in [-0.1, -0.05) is 36.7 Å². The third-order valence-electron chi connectivity index (χ3n) is 3.18. The molecule has 0 bridgehead atoms. The van der Waals surface area contributed by atoms with Crippen molar-refractivity contribution in [1.82, 2.24) is 15.0 Å². The molecule has 3 nitrogen and oxygen atoms in total. The summed E-state index contributed by atoms with van der Waals surface area (Å²) in [4.78, 5) is 12.6. The molecule has 94 valence electrons. The van der Waals surface area contributed by atoms with E-state index in [9.17, 15) is 0 Å². The van der Waals surface area contributed by atoms with E-state index in [0.29, 0.717) is 5.15 Å². The molecule has 0 radical (unpaired) electrons. The van der Waals surface area contributed by atoms with Crippen LogP contribution in [0, 0.1) is 0 Å². The number of rotatable bonds is 2. The van der Waals surface area contributed by atoms with Crippen molar-refractivity contribution in [3.8, 4) is 11.3 Å². The first-order chi connectivity index (χ1) is 9.31. The van der Waals surface area contributed by atoms with Gasteiger partial charge in [0, 0.05) is 28.9 Å². The van der Waals surface area contributed by atoms with E-state index in [2.05, 4.69) is 27.9 Å². The van der Waals surface area contributed by atoms with Gasteiger partial charge in [-0.05, 0) is 17.9 Å². The first-order valence-electron chi connectivity index (χ1n) is 6.13. The second-order valence-electron chi connectivity index (χ2n) is 4.25. The Labute approximate surface area is 116 Å². The van der Waals surface area contributed by atoms with Gasteiger partial charge in [-0.3, -0.25) is 4.98 Å². The monoisotopic (exact) mass is 269 g/mol. The Bertz CT molecular complexity index is 735. The fourth-order valence-corrected chi connectivity index (χ4v) is 2.53. The Kier molecular flexibility index (Phi) is 3.13. The zero-order valence-electron chi connectivity index (χ0n) is 10.5. The minimum atomic E-state index is 0.526. The number of fused-ring (bicyclic) bond motifs is 1. The Morgan fingerprint density at radius 3 is 2.89 bits per heavy atom. The molecule has 0 atom stereocenters. The van der Waals surface area contributed by atoms with Crippen molar-refractivity contribution >= 4 is 22.4 Å². The molecule has 0 saturated carbocycles. The van der Waals surface area contributed by atoms with Gasteiger partial charge >= 0.3 is 0 Å². The summed E-state index contributed by atoms with van der Waals surface area (Å²) in [6.07, 6.45) is 5.96. The lowest BCUT2D eigenvalue weighted by Gasteiger charge is -2.10. The Balaban J connectivity index is 2.34. The largest absolute Gasteiger partial charge is 0.264 e. The number of aromatic nitrogens is 3. The lowest BCUT2D eigenvalue weighted by molar-refractivity contribution is 1.05. The summed E-state index contributed by atoms with van der Waals surface area (Å²) in [7, 11) is 0. The van der Waals surface area contributed by atoms with Crippen molar-refractivity contribution in [2.45, 2.75) is 13.3 Å². The highest BCUT2D eigenvalue weighted by molar-refractivity contribution is 6.30. The molecule has 0 N–H and O–H groups in total. The second kappa shape index (κ2) is 4.94. The van der Waals surface area contributed by atoms with Crippen LogP contribution in [-0.4, -0.2) is 15.0 Å². The van der Waals surface area contributed by atoms with Crippen LogP contribution in [0.3, 0.4) is 0 Å². The highest BCUT2D eigenvalue weighted by atomic mass is 35.5. The molecule has 0 saturated heterocycles. The zero-order chi connectivity index (χ0) is 13.2. The van der Waals surface area contributed by atoms with Crippen LogP contribution in [0.2, 0.25) is 5.15 Å². The predicted octanol–water partition coefficient (Wildman–Crippen LogP) is 3.91. The summed E-state index contributed by atoms with van der Waals surface area (Å²) in [6, 6.07) is 8.11. The highest BCUT2D eigenvalue weighted by Crippen LogP contribution is 2.31. The summed E-state index contributed by atoms with van der Waals surface area (Å²) in [6.45, 7) is 2.06. The van der Waals surface area contributed by atoms with Crippen molar-refractivity contribution in [2.75, 3.05) is 0 Å². The predicted molar refractivity (Wildman–Crippen MR) is 77.2 cm³/mol. The maximum Gasteiger partial charge on any atom is 0.136 e. The molecule has 2 aromatic heterocycles. The quantitative estimate of drug-likeness (QED) is 0.662. The Hall–Kier alpha value is -2.00. The first kappa shape index (κ1) is 12.1. The van der Waals surface area contributed by atoms with E-state index in [0.717, 1.165) is 34.0 Å². The third-order valence-corrected chi connectivity index (χ3v) is 3.51. The van der Waals surface area contributed by atoms with Crippen LogP contribution in [0.25, 0.3) is 22.0 Å². The number of benzene rings is 1. The molecule has 0 fully saturated rings. The van der Waals surface area contributed by atoms with Crippen molar-refractivity contribution < 1.29 is 0 Å². The molecule has 0 aliphatic heterocycles. The molecule has 0 spiro atoms. The molecule has 1 aromatic carbocycles. The summed E-state index contributed by atoms with van der Waals surface area (Å²) in [5.41, 5.74) is 2.95. The lowest BCUT2D eigenvalue weighted by Crippen LogP contribution is -1.96. The summed E-state index contributed by atoms with van der Waals surface area (Å²) < 4.78 is 0. The maximum absolute atomic E-state index is 6.17. The Morgan fingerprint density at radius 2 is 2.05 bits per heavy atom. The van der Waals surface area contributed by atoms with Crippen molar-refractivity contribution in [3.63, 3.8) is 0 Å². The van der Waals surface area contributed by atoms with Crippen molar-refractivity contribution in [2.24, 2.45) is 0 Å². The van der Waals surface area contributed by atoms with Gasteiger partial charge in [-0.25, -0.2) is 9.97 Å². The summed E-state index contributed by atoms with van der Waals surface area (Å²) >= 11 is 6.17. The average molecular weight is 270 g/mol. The third kappa shape index (κ3) is 2.06. The number of hydrogen-bond donors (Lipinski definition) is 0. The molecule has 2 heterocycles. The van der Waals surface area contributed by atoms with Gasteiger partial charge in [0.2, 0.25) is 0 Å². The molecule has 0 aliphatic carbocycles. The summed E-state index contributed by atoms with van der Waals surface area (Å²) in [5, 5.41) is 2.75. The fraction of sp³-hybridized carbons (Fsp3) is 0.133. The van der Waals surface area contributed by atoms with E-state index >= 15 is 0 Å². The fourth-order valence-electron chi connectivity index (χ4n) is 2.27. The van der Waals surface area contributed by atoms with Gasteiger partial charge in [-0.2, -0.15) is 0 Å². The van der Waals surface area contributed by atoms with Crippen LogP contribution in [0.5, 0.6) is 0 Å². The number of hydrogen-bond acceptors (Lipinski definition) is 3. The maximum atomic E-state index is 6.17. The zero-order valence-corrected chi connectivity index (χ0v) is 11.2. The van der Waals surface area contributed by atoms with Crippen molar-refractivity contribution in [3.05, 3.63) is 53.7 Å². The van der Waals surface area contributed by atoms with E-state index in [1.54, 1.807) is 6.20 Å². The van der Waals surface area contributed by atoms with Gasteiger partial charge in [0.05, 0.1) is 5.69 Å². The van der Waals surface area contributed by atoms with Gasteiger partial charge < -0.3 is 0 Å². The van der Waals surface area contributed by atoms with Crippen LogP contribution in [0.4, 0.5) is 0 Å². The number of pyridine rings is 1.